The fourth-order valence-electron chi connectivity index (χ4n) is 2.44. The number of furan rings is 2. The molecule has 2 amide bonds. The zero-order valence-electron chi connectivity index (χ0n) is 14.9. The van der Waals surface area contributed by atoms with E-state index in [1.165, 1.54) is 6.07 Å². The van der Waals surface area contributed by atoms with E-state index in [1.807, 2.05) is 36.4 Å². The van der Waals surface area contributed by atoms with Crippen LogP contribution in [-0.4, -0.2) is 18.4 Å². The maximum atomic E-state index is 11.9. The summed E-state index contributed by atoms with van der Waals surface area (Å²) < 4.78 is 16.4. The number of hydrogen-bond acceptors (Lipinski definition) is 5. The van der Waals surface area contributed by atoms with Crippen LogP contribution in [0.3, 0.4) is 0 Å². The molecule has 3 rings (SSSR count). The monoisotopic (exact) mass is 446 g/mol. The van der Waals surface area contributed by atoms with Gasteiger partial charge in [-0.15, -0.1) is 0 Å². The summed E-state index contributed by atoms with van der Waals surface area (Å²) >= 11 is 3.12. The van der Waals surface area contributed by atoms with Crippen LogP contribution in [0, 0.1) is 0 Å². The van der Waals surface area contributed by atoms with Gasteiger partial charge in [0, 0.05) is 6.54 Å². The van der Waals surface area contributed by atoms with E-state index in [0.29, 0.717) is 24.4 Å². The second kappa shape index (κ2) is 9.91. The summed E-state index contributed by atoms with van der Waals surface area (Å²) in [6.45, 7) is 1.06. The molecular formula is C20H19BrN2O5. The van der Waals surface area contributed by atoms with Crippen molar-refractivity contribution in [2.75, 3.05) is 6.54 Å². The van der Waals surface area contributed by atoms with Crippen LogP contribution < -0.4 is 10.6 Å². The molecule has 0 spiro atoms. The summed E-state index contributed by atoms with van der Waals surface area (Å²) in [5.41, 5.74) is 1.93. The molecule has 2 aromatic heterocycles. The van der Waals surface area contributed by atoms with Gasteiger partial charge in [0.05, 0.1) is 19.4 Å². The van der Waals surface area contributed by atoms with Gasteiger partial charge in [-0.2, -0.15) is 0 Å². The molecule has 0 radical (unpaired) electrons. The Kier molecular flexibility index (Phi) is 7.05. The number of hydrogen-bond donors (Lipinski definition) is 2. The molecular weight excluding hydrogens is 428 g/mol. The van der Waals surface area contributed by atoms with E-state index in [-0.39, 0.29) is 18.2 Å². The Morgan fingerprint density at radius 1 is 1.00 bits per heavy atom. The molecule has 0 saturated carbocycles. The maximum absolute atomic E-state index is 11.9. The van der Waals surface area contributed by atoms with Gasteiger partial charge in [-0.25, -0.2) is 0 Å². The number of ether oxygens (including phenoxy) is 1. The third-order valence-corrected chi connectivity index (χ3v) is 4.21. The molecule has 28 heavy (non-hydrogen) atoms. The van der Waals surface area contributed by atoms with Gasteiger partial charge < -0.3 is 24.2 Å². The molecule has 2 N–H and O–H groups in total. The van der Waals surface area contributed by atoms with E-state index in [0.717, 1.165) is 16.9 Å². The van der Waals surface area contributed by atoms with E-state index < -0.39 is 5.91 Å². The largest absolute Gasteiger partial charge is 0.467 e. The highest BCUT2D eigenvalue weighted by Gasteiger charge is 2.11. The van der Waals surface area contributed by atoms with Crippen molar-refractivity contribution in [3.05, 3.63) is 82.1 Å². The molecule has 0 aliphatic rings. The first-order valence-electron chi connectivity index (χ1n) is 8.58. The van der Waals surface area contributed by atoms with Gasteiger partial charge in [-0.1, -0.05) is 24.3 Å². The number of carbonyl (C=O) groups is 2. The van der Waals surface area contributed by atoms with E-state index in [2.05, 4.69) is 26.6 Å². The molecule has 0 atom stereocenters. The first kappa shape index (κ1) is 19.9. The molecule has 0 aliphatic carbocycles. The van der Waals surface area contributed by atoms with Crippen molar-refractivity contribution < 1.29 is 23.2 Å². The van der Waals surface area contributed by atoms with E-state index in [4.69, 9.17) is 13.6 Å². The van der Waals surface area contributed by atoms with Crippen LogP contribution in [0.25, 0.3) is 0 Å². The minimum absolute atomic E-state index is 0.136. The van der Waals surface area contributed by atoms with Crippen molar-refractivity contribution in [2.24, 2.45) is 0 Å². The van der Waals surface area contributed by atoms with Crippen LogP contribution in [0.5, 0.6) is 0 Å². The Labute approximate surface area is 170 Å². The highest BCUT2D eigenvalue weighted by atomic mass is 79.9. The van der Waals surface area contributed by atoms with Gasteiger partial charge in [0.2, 0.25) is 5.91 Å². The summed E-state index contributed by atoms with van der Waals surface area (Å²) in [6, 6.07) is 14.5. The predicted molar refractivity (Wildman–Crippen MR) is 104 cm³/mol. The highest BCUT2D eigenvalue weighted by Crippen LogP contribution is 2.13. The molecule has 3 aromatic rings. The minimum atomic E-state index is -0.448. The molecule has 7 nitrogen and oxygen atoms in total. The van der Waals surface area contributed by atoms with Gasteiger partial charge in [0.1, 0.15) is 12.4 Å². The highest BCUT2D eigenvalue weighted by molar-refractivity contribution is 9.10. The van der Waals surface area contributed by atoms with Crippen LogP contribution >= 0.6 is 15.9 Å². The van der Waals surface area contributed by atoms with Crippen LogP contribution in [0.4, 0.5) is 0 Å². The van der Waals surface area contributed by atoms with Gasteiger partial charge in [0.15, 0.2) is 10.4 Å². The zero-order chi connectivity index (χ0) is 19.8. The van der Waals surface area contributed by atoms with Crippen molar-refractivity contribution in [3.8, 4) is 0 Å². The fourth-order valence-corrected chi connectivity index (χ4v) is 2.75. The zero-order valence-corrected chi connectivity index (χ0v) is 16.5. The summed E-state index contributed by atoms with van der Waals surface area (Å²) in [5, 5.41) is 5.27. The van der Waals surface area contributed by atoms with Gasteiger partial charge >= 0.3 is 0 Å². The second-order valence-electron chi connectivity index (χ2n) is 5.96. The lowest BCUT2D eigenvalue weighted by Gasteiger charge is -2.08. The third-order valence-electron chi connectivity index (χ3n) is 3.78. The molecule has 2 heterocycles. The van der Waals surface area contributed by atoms with Crippen LogP contribution in [0.15, 0.2) is 68.3 Å². The summed E-state index contributed by atoms with van der Waals surface area (Å²) in [4.78, 5) is 23.8. The van der Waals surface area contributed by atoms with Crippen molar-refractivity contribution in [1.29, 1.82) is 0 Å². The lowest BCUT2D eigenvalue weighted by Crippen LogP contribution is -2.36. The second-order valence-corrected chi connectivity index (χ2v) is 6.74. The Hall–Kier alpha value is -2.84. The van der Waals surface area contributed by atoms with E-state index in [9.17, 15) is 9.59 Å². The minimum Gasteiger partial charge on any atom is -0.467 e. The Balaban J connectivity index is 1.39. The van der Waals surface area contributed by atoms with Gasteiger partial charge in [0.25, 0.3) is 5.91 Å². The summed E-state index contributed by atoms with van der Waals surface area (Å²) in [7, 11) is 0. The van der Waals surface area contributed by atoms with Crippen molar-refractivity contribution in [2.45, 2.75) is 19.8 Å². The molecule has 0 unspecified atom stereocenters. The van der Waals surface area contributed by atoms with Crippen molar-refractivity contribution in [3.63, 3.8) is 0 Å². The number of halogens is 1. The average molecular weight is 447 g/mol. The Morgan fingerprint density at radius 2 is 1.86 bits per heavy atom. The number of benzene rings is 1. The first-order chi connectivity index (χ1) is 13.6. The molecule has 1 aromatic carbocycles. The van der Waals surface area contributed by atoms with Crippen molar-refractivity contribution >= 4 is 27.7 Å². The van der Waals surface area contributed by atoms with Gasteiger partial charge in [-0.05, 0) is 51.3 Å². The van der Waals surface area contributed by atoms with Crippen LogP contribution in [0.2, 0.25) is 0 Å². The topological polar surface area (TPSA) is 93.7 Å². The lowest BCUT2D eigenvalue weighted by atomic mass is 10.1. The number of nitrogens with one attached hydrogen (secondary N) is 2. The third kappa shape index (κ3) is 6.11. The smallest absolute Gasteiger partial charge is 0.287 e. The number of rotatable bonds is 9. The Morgan fingerprint density at radius 3 is 2.61 bits per heavy atom. The average Bonchev–Trinajstić information content (AvgIpc) is 3.36. The standard InChI is InChI=1S/C20H19BrN2O5/c21-18-7-6-17(28-18)20(25)23-11-19(24)22-10-14-3-1-4-15(9-14)12-26-13-16-5-2-8-27-16/h1-9H,10-13H2,(H,22,24)(H,23,25). The quantitative estimate of drug-likeness (QED) is 0.525. The predicted octanol–water partition coefficient (Wildman–Crippen LogP) is 3.40. The van der Waals surface area contributed by atoms with E-state index >= 15 is 0 Å². The summed E-state index contributed by atoms with van der Waals surface area (Å²) in [5.74, 6) is 0.171. The normalized spacial score (nSPS) is 10.6. The van der Waals surface area contributed by atoms with Crippen molar-refractivity contribution in [1.82, 2.24) is 10.6 Å². The molecule has 0 fully saturated rings. The lowest BCUT2D eigenvalue weighted by molar-refractivity contribution is -0.120. The first-order valence-corrected chi connectivity index (χ1v) is 9.37. The van der Waals surface area contributed by atoms with Crippen LogP contribution in [0.1, 0.15) is 27.4 Å². The summed E-state index contributed by atoms with van der Waals surface area (Å²) in [6.07, 6.45) is 1.61. The molecule has 0 aliphatic heterocycles. The fraction of sp³-hybridized carbons (Fsp3) is 0.200. The SMILES string of the molecule is O=C(CNC(=O)c1ccc(Br)o1)NCc1cccc(COCc2ccco2)c1. The molecule has 8 heteroatoms. The molecule has 0 bridgehead atoms. The molecule has 0 saturated heterocycles. The maximum Gasteiger partial charge on any atom is 0.287 e. The van der Waals surface area contributed by atoms with E-state index in [1.54, 1.807) is 12.3 Å². The van der Waals surface area contributed by atoms with Gasteiger partial charge in [-0.3, -0.25) is 9.59 Å². The molecule has 146 valence electrons. The Bertz CT molecular complexity index is 920. The number of carbonyl (C=O) groups excluding carboxylic acids is 2. The van der Waals surface area contributed by atoms with Crippen LogP contribution in [-0.2, 0) is 29.3 Å². The number of amides is 2.